The summed E-state index contributed by atoms with van der Waals surface area (Å²) in [6.07, 6.45) is 0. The van der Waals surface area contributed by atoms with Crippen LogP contribution < -0.4 is 16.2 Å². The van der Waals surface area contributed by atoms with Crippen LogP contribution in [-0.4, -0.2) is 21.2 Å². The number of amides is 1. The molecule has 0 aliphatic rings. The number of H-pyrrole nitrogens is 1. The smallest absolute Gasteiger partial charge is 0.287 e. The second-order valence-electron chi connectivity index (χ2n) is 5.20. The number of anilines is 1. The second kappa shape index (κ2) is 7.94. The molecule has 0 bridgehead atoms. The molecule has 0 unspecified atom stereocenters. The average molecular weight is 390 g/mol. The first-order valence-corrected chi connectivity index (χ1v) is 8.25. The highest BCUT2D eigenvalue weighted by Gasteiger charge is 2.11. The number of hydrogen-bond acceptors (Lipinski definition) is 3. The Morgan fingerprint density at radius 1 is 1.12 bits per heavy atom. The zero-order valence-electron chi connectivity index (χ0n) is 13.2. The minimum absolute atomic E-state index is 0.0345. The van der Waals surface area contributed by atoms with E-state index in [1.165, 1.54) is 18.2 Å². The van der Waals surface area contributed by atoms with Gasteiger partial charge in [0.2, 0.25) is 0 Å². The van der Waals surface area contributed by atoms with E-state index < -0.39 is 11.7 Å². The molecule has 3 aromatic rings. The van der Waals surface area contributed by atoms with Crippen molar-refractivity contribution >= 4 is 40.5 Å². The molecule has 0 radical (unpaired) electrons. The first kappa shape index (κ1) is 17.8. The van der Waals surface area contributed by atoms with E-state index in [9.17, 15) is 9.18 Å². The van der Waals surface area contributed by atoms with Gasteiger partial charge in [-0.1, -0.05) is 41.9 Å². The lowest BCUT2D eigenvalue weighted by molar-refractivity contribution is 0.0939. The van der Waals surface area contributed by atoms with Crippen molar-refractivity contribution in [2.24, 2.45) is 0 Å². The molecule has 0 saturated carbocycles. The number of nitrogens with one attached hydrogen (secondary N) is 4. The van der Waals surface area contributed by atoms with Gasteiger partial charge in [-0.3, -0.25) is 20.7 Å². The minimum Gasteiger partial charge on any atom is -0.331 e. The fourth-order valence-corrected chi connectivity index (χ4v) is 2.46. The van der Waals surface area contributed by atoms with Gasteiger partial charge in [-0.2, -0.15) is 5.10 Å². The van der Waals surface area contributed by atoms with Crippen LogP contribution in [-0.2, 0) is 0 Å². The van der Waals surface area contributed by atoms with Crippen molar-refractivity contribution in [3.8, 4) is 11.3 Å². The summed E-state index contributed by atoms with van der Waals surface area (Å²) in [7, 11) is 0. The minimum atomic E-state index is -0.530. The number of halogens is 2. The molecule has 0 aliphatic carbocycles. The number of thiocarbonyl (C=S) groups is 1. The molecule has 1 heterocycles. The van der Waals surface area contributed by atoms with E-state index in [0.717, 1.165) is 5.56 Å². The van der Waals surface area contributed by atoms with Crippen LogP contribution in [0.2, 0.25) is 5.02 Å². The molecule has 3 rings (SSSR count). The quantitative estimate of drug-likeness (QED) is 0.407. The predicted octanol–water partition coefficient (Wildman–Crippen LogP) is 3.50. The van der Waals surface area contributed by atoms with Crippen molar-refractivity contribution in [2.75, 3.05) is 5.32 Å². The van der Waals surface area contributed by atoms with E-state index >= 15 is 0 Å². The third kappa shape index (κ3) is 4.35. The lowest BCUT2D eigenvalue weighted by atomic mass is 10.1. The second-order valence-corrected chi connectivity index (χ2v) is 6.01. The maximum absolute atomic E-state index is 13.1. The van der Waals surface area contributed by atoms with E-state index in [4.69, 9.17) is 23.8 Å². The van der Waals surface area contributed by atoms with Gasteiger partial charge in [-0.25, -0.2) is 4.39 Å². The Morgan fingerprint density at radius 3 is 2.62 bits per heavy atom. The summed E-state index contributed by atoms with van der Waals surface area (Å²) in [6.45, 7) is 0. The van der Waals surface area contributed by atoms with Gasteiger partial charge in [0.25, 0.3) is 5.91 Å². The Morgan fingerprint density at radius 2 is 1.88 bits per heavy atom. The number of aromatic nitrogens is 2. The Labute approximate surface area is 158 Å². The Kier molecular flexibility index (Phi) is 5.45. The molecule has 132 valence electrons. The van der Waals surface area contributed by atoms with Crippen LogP contribution >= 0.6 is 23.8 Å². The number of carbonyl (C=O) groups excluding carboxylic acids is 1. The number of hydrazine groups is 1. The van der Waals surface area contributed by atoms with Gasteiger partial charge in [0.05, 0.1) is 10.7 Å². The van der Waals surface area contributed by atoms with Crippen molar-refractivity contribution in [2.45, 2.75) is 0 Å². The third-order valence-corrected chi connectivity index (χ3v) is 3.85. The van der Waals surface area contributed by atoms with Crippen LogP contribution in [0.5, 0.6) is 0 Å². The molecule has 4 N–H and O–H groups in total. The number of aromatic amines is 1. The van der Waals surface area contributed by atoms with Gasteiger partial charge in [-0.15, -0.1) is 0 Å². The molecule has 6 nitrogen and oxygen atoms in total. The summed E-state index contributed by atoms with van der Waals surface area (Å²) in [5.41, 5.74) is 7.28. The Bertz CT molecular complexity index is 947. The van der Waals surface area contributed by atoms with Crippen molar-refractivity contribution in [1.82, 2.24) is 21.0 Å². The zero-order valence-corrected chi connectivity index (χ0v) is 14.8. The van der Waals surface area contributed by atoms with Gasteiger partial charge in [0, 0.05) is 11.3 Å². The molecule has 0 aliphatic heterocycles. The molecular formula is C17H13ClFN5OS. The Hall–Kier alpha value is -2.97. The topological polar surface area (TPSA) is 81.8 Å². The highest BCUT2D eigenvalue weighted by Crippen LogP contribution is 2.19. The molecule has 2 aromatic carbocycles. The molecule has 1 aromatic heterocycles. The number of carbonyl (C=O) groups is 1. The lowest BCUT2D eigenvalue weighted by Crippen LogP contribution is -2.43. The molecule has 1 amide bonds. The largest absolute Gasteiger partial charge is 0.331 e. The number of nitrogens with zero attached hydrogens (tertiary/aromatic N) is 1. The lowest BCUT2D eigenvalue weighted by Gasteiger charge is -2.11. The van der Waals surface area contributed by atoms with Crippen LogP contribution in [0.1, 0.15) is 10.5 Å². The van der Waals surface area contributed by atoms with Crippen molar-refractivity contribution < 1.29 is 9.18 Å². The van der Waals surface area contributed by atoms with Crippen molar-refractivity contribution in [3.63, 3.8) is 0 Å². The summed E-state index contributed by atoms with van der Waals surface area (Å²) >= 11 is 10.8. The number of hydrogen-bond donors (Lipinski definition) is 4. The Balaban J connectivity index is 1.56. The monoisotopic (exact) mass is 389 g/mol. The van der Waals surface area contributed by atoms with E-state index in [-0.39, 0.29) is 15.8 Å². The fourth-order valence-electron chi connectivity index (χ4n) is 2.11. The predicted molar refractivity (Wildman–Crippen MR) is 102 cm³/mol. The summed E-state index contributed by atoms with van der Waals surface area (Å²) in [4.78, 5) is 12.1. The highest BCUT2D eigenvalue weighted by atomic mass is 35.5. The van der Waals surface area contributed by atoms with Gasteiger partial charge < -0.3 is 5.32 Å². The molecule has 0 spiro atoms. The maximum Gasteiger partial charge on any atom is 0.287 e. The molecule has 0 fully saturated rings. The fraction of sp³-hybridized carbons (Fsp3) is 0. The maximum atomic E-state index is 13.1. The summed E-state index contributed by atoms with van der Waals surface area (Å²) < 4.78 is 13.1. The first-order chi connectivity index (χ1) is 12.5. The van der Waals surface area contributed by atoms with Crippen molar-refractivity contribution in [3.05, 3.63) is 71.1 Å². The molecule has 9 heteroatoms. The van der Waals surface area contributed by atoms with Gasteiger partial charge >= 0.3 is 0 Å². The summed E-state index contributed by atoms with van der Waals surface area (Å²) in [5, 5.41) is 9.63. The van der Waals surface area contributed by atoms with Crippen LogP contribution in [0, 0.1) is 5.82 Å². The summed E-state index contributed by atoms with van der Waals surface area (Å²) in [6, 6.07) is 15.1. The summed E-state index contributed by atoms with van der Waals surface area (Å²) in [5.74, 6) is -0.973. The SMILES string of the molecule is O=C(NNC(=S)Nc1ccc(F)c(Cl)c1)c1cc(-c2ccccc2)n[nH]1. The van der Waals surface area contributed by atoms with E-state index in [0.29, 0.717) is 11.4 Å². The average Bonchev–Trinajstić information content (AvgIpc) is 3.14. The van der Waals surface area contributed by atoms with Gasteiger partial charge in [0.1, 0.15) is 11.5 Å². The molecule has 26 heavy (non-hydrogen) atoms. The number of rotatable bonds is 3. The highest BCUT2D eigenvalue weighted by molar-refractivity contribution is 7.80. The molecular weight excluding hydrogens is 377 g/mol. The van der Waals surface area contributed by atoms with Gasteiger partial charge in [-0.05, 0) is 36.5 Å². The van der Waals surface area contributed by atoms with E-state index in [2.05, 4.69) is 26.4 Å². The van der Waals surface area contributed by atoms with E-state index in [1.807, 2.05) is 30.3 Å². The van der Waals surface area contributed by atoms with Crippen LogP contribution in [0.4, 0.5) is 10.1 Å². The number of benzene rings is 2. The van der Waals surface area contributed by atoms with Crippen LogP contribution in [0.25, 0.3) is 11.3 Å². The normalized spacial score (nSPS) is 10.2. The van der Waals surface area contributed by atoms with Crippen molar-refractivity contribution in [1.29, 1.82) is 0 Å². The molecule has 0 saturated heterocycles. The van der Waals surface area contributed by atoms with Gasteiger partial charge in [0.15, 0.2) is 5.11 Å². The van der Waals surface area contributed by atoms with E-state index in [1.54, 1.807) is 6.07 Å². The van der Waals surface area contributed by atoms with Crippen LogP contribution in [0.3, 0.4) is 0 Å². The van der Waals surface area contributed by atoms with Crippen LogP contribution in [0.15, 0.2) is 54.6 Å². The molecule has 0 atom stereocenters. The third-order valence-electron chi connectivity index (χ3n) is 3.36. The standard InChI is InChI=1S/C17H13ClFN5OS/c18-12-8-11(6-7-13(12)19)20-17(26)24-23-16(25)15-9-14(21-22-15)10-4-2-1-3-5-10/h1-9H,(H,21,22)(H,23,25)(H2,20,24,26). The first-order valence-electron chi connectivity index (χ1n) is 7.46. The zero-order chi connectivity index (χ0) is 18.5.